The van der Waals surface area contributed by atoms with Gasteiger partial charge in [0.15, 0.2) is 0 Å². The zero-order chi connectivity index (χ0) is 17.0. The molecule has 0 saturated carbocycles. The van der Waals surface area contributed by atoms with Gasteiger partial charge in [0.1, 0.15) is 10.7 Å². The summed E-state index contributed by atoms with van der Waals surface area (Å²) in [6.07, 6.45) is 7.96. The topological polar surface area (TPSA) is 66.4 Å². The van der Waals surface area contributed by atoms with Crippen LogP contribution < -0.4 is 4.90 Å². The number of piperidine rings is 1. The lowest BCUT2D eigenvalue weighted by Gasteiger charge is -2.26. The van der Waals surface area contributed by atoms with Crippen molar-refractivity contribution >= 4 is 15.8 Å². The van der Waals surface area contributed by atoms with Gasteiger partial charge in [-0.05, 0) is 36.6 Å². The van der Waals surface area contributed by atoms with Gasteiger partial charge in [0.05, 0.1) is 0 Å². The lowest BCUT2D eigenvalue weighted by Crippen LogP contribution is -2.35. The van der Waals surface area contributed by atoms with E-state index in [-0.39, 0.29) is 4.90 Å². The van der Waals surface area contributed by atoms with Crippen LogP contribution >= 0.6 is 0 Å². The van der Waals surface area contributed by atoms with E-state index in [4.69, 9.17) is 0 Å². The molecule has 1 aliphatic rings. The number of hydrogen-bond donors (Lipinski definition) is 0. The SMILES string of the molecule is CN(Cc1cccnc1)c1ccc(S(=O)(=O)N2CCCCC2)cn1. The Kier molecular flexibility index (Phi) is 5.11. The molecule has 0 N–H and O–H groups in total. The molecule has 2 aromatic heterocycles. The van der Waals surface area contributed by atoms with Gasteiger partial charge in [0.2, 0.25) is 10.0 Å². The third kappa shape index (κ3) is 3.73. The summed E-state index contributed by atoms with van der Waals surface area (Å²) in [4.78, 5) is 10.7. The Morgan fingerprint density at radius 1 is 1.12 bits per heavy atom. The standard InChI is InChI=1S/C17H22N4O2S/c1-20(14-15-6-5-9-18-12-15)17-8-7-16(13-19-17)24(22,23)21-10-3-2-4-11-21/h5-9,12-13H,2-4,10-11,14H2,1H3. The predicted molar refractivity (Wildman–Crippen MR) is 93.2 cm³/mol. The molecule has 0 aliphatic carbocycles. The third-order valence-corrected chi connectivity index (χ3v) is 6.09. The highest BCUT2D eigenvalue weighted by Gasteiger charge is 2.26. The minimum absolute atomic E-state index is 0.267. The quantitative estimate of drug-likeness (QED) is 0.831. The van der Waals surface area contributed by atoms with E-state index in [1.165, 1.54) is 6.20 Å². The Hall–Kier alpha value is -1.99. The zero-order valence-electron chi connectivity index (χ0n) is 13.8. The highest BCUT2D eigenvalue weighted by molar-refractivity contribution is 7.89. The smallest absolute Gasteiger partial charge is 0.244 e. The van der Waals surface area contributed by atoms with Crippen molar-refractivity contribution in [3.63, 3.8) is 0 Å². The van der Waals surface area contributed by atoms with Gasteiger partial charge >= 0.3 is 0 Å². The number of sulfonamides is 1. The van der Waals surface area contributed by atoms with Crippen LogP contribution in [-0.2, 0) is 16.6 Å². The Bertz CT molecular complexity index is 757. The molecule has 3 rings (SSSR count). The van der Waals surface area contributed by atoms with Crippen LogP contribution in [0.15, 0.2) is 47.8 Å². The molecule has 0 aromatic carbocycles. The molecule has 6 nitrogen and oxygen atoms in total. The average molecular weight is 346 g/mol. The minimum atomic E-state index is -3.42. The van der Waals surface area contributed by atoms with E-state index in [0.29, 0.717) is 19.6 Å². The van der Waals surface area contributed by atoms with Gasteiger partial charge in [0.25, 0.3) is 0 Å². The highest BCUT2D eigenvalue weighted by atomic mass is 32.2. The second-order valence-corrected chi connectivity index (χ2v) is 7.97. The van der Waals surface area contributed by atoms with E-state index in [0.717, 1.165) is 30.6 Å². The number of aromatic nitrogens is 2. The summed E-state index contributed by atoms with van der Waals surface area (Å²) in [5, 5.41) is 0. The molecule has 128 valence electrons. The molecule has 2 aromatic rings. The van der Waals surface area contributed by atoms with Crippen molar-refractivity contribution in [2.75, 3.05) is 25.0 Å². The second kappa shape index (κ2) is 7.27. The monoisotopic (exact) mass is 346 g/mol. The molecule has 0 bridgehead atoms. The maximum absolute atomic E-state index is 12.6. The van der Waals surface area contributed by atoms with Crippen molar-refractivity contribution in [1.29, 1.82) is 0 Å². The van der Waals surface area contributed by atoms with Crippen LogP contribution in [0.3, 0.4) is 0 Å². The summed E-state index contributed by atoms with van der Waals surface area (Å²) >= 11 is 0. The molecule has 0 atom stereocenters. The minimum Gasteiger partial charge on any atom is -0.355 e. The number of nitrogens with zero attached hydrogens (tertiary/aromatic N) is 4. The van der Waals surface area contributed by atoms with Crippen molar-refractivity contribution in [3.8, 4) is 0 Å². The van der Waals surface area contributed by atoms with Crippen molar-refractivity contribution in [2.45, 2.75) is 30.7 Å². The second-order valence-electron chi connectivity index (χ2n) is 6.03. The maximum Gasteiger partial charge on any atom is 0.244 e. The molecular formula is C17H22N4O2S. The van der Waals surface area contributed by atoms with Crippen LogP contribution in [0.4, 0.5) is 5.82 Å². The van der Waals surface area contributed by atoms with Crippen LogP contribution in [-0.4, -0.2) is 42.8 Å². The van der Waals surface area contributed by atoms with Crippen molar-refractivity contribution in [2.24, 2.45) is 0 Å². The van der Waals surface area contributed by atoms with Crippen LogP contribution in [0.2, 0.25) is 0 Å². The fraction of sp³-hybridized carbons (Fsp3) is 0.412. The van der Waals surface area contributed by atoms with Gasteiger partial charge < -0.3 is 4.90 Å². The summed E-state index contributed by atoms with van der Waals surface area (Å²) in [5.41, 5.74) is 1.08. The number of rotatable bonds is 5. The molecule has 1 saturated heterocycles. The van der Waals surface area contributed by atoms with Gasteiger partial charge in [-0.3, -0.25) is 4.98 Å². The molecule has 1 aliphatic heterocycles. The normalized spacial score (nSPS) is 16.0. The maximum atomic E-state index is 12.6. The molecular weight excluding hydrogens is 324 g/mol. The van der Waals surface area contributed by atoms with E-state index in [2.05, 4.69) is 9.97 Å². The highest BCUT2D eigenvalue weighted by Crippen LogP contribution is 2.21. The molecule has 3 heterocycles. The van der Waals surface area contributed by atoms with E-state index >= 15 is 0 Å². The third-order valence-electron chi connectivity index (χ3n) is 4.21. The number of anilines is 1. The van der Waals surface area contributed by atoms with Crippen LogP contribution in [0.5, 0.6) is 0 Å². The van der Waals surface area contributed by atoms with Crippen LogP contribution in [0.25, 0.3) is 0 Å². The Labute approximate surface area is 143 Å². The van der Waals surface area contributed by atoms with Crippen molar-refractivity contribution in [3.05, 3.63) is 48.4 Å². The molecule has 24 heavy (non-hydrogen) atoms. The molecule has 0 radical (unpaired) electrons. The lowest BCUT2D eigenvalue weighted by molar-refractivity contribution is 0.346. The predicted octanol–water partition coefficient (Wildman–Crippen LogP) is 2.29. The summed E-state index contributed by atoms with van der Waals surface area (Å²) < 4.78 is 26.8. The summed E-state index contributed by atoms with van der Waals surface area (Å²) in [7, 11) is -1.50. The Morgan fingerprint density at radius 3 is 2.54 bits per heavy atom. The first-order valence-corrected chi connectivity index (χ1v) is 9.57. The fourth-order valence-electron chi connectivity index (χ4n) is 2.85. The van der Waals surface area contributed by atoms with Gasteiger partial charge in [-0.25, -0.2) is 13.4 Å². The lowest BCUT2D eigenvalue weighted by atomic mass is 10.2. The molecule has 0 amide bonds. The molecule has 1 fully saturated rings. The van der Waals surface area contributed by atoms with Crippen molar-refractivity contribution in [1.82, 2.24) is 14.3 Å². The van der Waals surface area contributed by atoms with Crippen LogP contribution in [0.1, 0.15) is 24.8 Å². The fourth-order valence-corrected chi connectivity index (χ4v) is 4.31. The summed E-state index contributed by atoms with van der Waals surface area (Å²) in [6.45, 7) is 1.87. The van der Waals surface area contributed by atoms with Crippen LogP contribution in [0, 0.1) is 0 Å². The summed E-state index contributed by atoms with van der Waals surface area (Å²) in [6, 6.07) is 7.29. The van der Waals surface area contributed by atoms with E-state index < -0.39 is 10.0 Å². The van der Waals surface area contributed by atoms with Gasteiger partial charge in [-0.1, -0.05) is 12.5 Å². The largest absolute Gasteiger partial charge is 0.355 e. The molecule has 0 spiro atoms. The Morgan fingerprint density at radius 2 is 1.92 bits per heavy atom. The summed E-state index contributed by atoms with van der Waals surface area (Å²) in [5.74, 6) is 0.733. The van der Waals surface area contributed by atoms with Crippen molar-refractivity contribution < 1.29 is 8.42 Å². The molecule has 0 unspecified atom stereocenters. The van der Waals surface area contributed by atoms with E-state index in [1.54, 1.807) is 22.6 Å². The van der Waals surface area contributed by atoms with Gasteiger partial charge in [-0.2, -0.15) is 4.31 Å². The Balaban J connectivity index is 1.73. The van der Waals surface area contributed by atoms with Gasteiger partial charge in [0, 0.05) is 45.3 Å². The number of hydrogen-bond acceptors (Lipinski definition) is 5. The van der Waals surface area contributed by atoms with Gasteiger partial charge in [-0.15, -0.1) is 0 Å². The first-order chi connectivity index (χ1) is 11.6. The first kappa shape index (κ1) is 16.9. The average Bonchev–Trinajstić information content (AvgIpc) is 2.63. The van der Waals surface area contributed by atoms with E-state index in [1.807, 2.05) is 30.3 Å². The first-order valence-electron chi connectivity index (χ1n) is 8.13. The molecule has 7 heteroatoms. The van der Waals surface area contributed by atoms with E-state index in [9.17, 15) is 8.42 Å². The number of pyridine rings is 2. The zero-order valence-corrected chi connectivity index (χ0v) is 14.6.